The zero-order chi connectivity index (χ0) is 14.4. The third-order valence-corrected chi connectivity index (χ3v) is 2.58. The molecule has 0 saturated carbocycles. The van der Waals surface area contributed by atoms with Crippen LogP contribution in [0.2, 0.25) is 0 Å². The van der Waals surface area contributed by atoms with Crippen molar-refractivity contribution in [1.82, 2.24) is 19.9 Å². The van der Waals surface area contributed by atoms with Crippen molar-refractivity contribution in [2.45, 2.75) is 26.0 Å². The predicted octanol–water partition coefficient (Wildman–Crippen LogP) is -0.00890. The Kier molecular flexibility index (Phi) is 5.43. The summed E-state index contributed by atoms with van der Waals surface area (Å²) in [5.74, 6) is -1.12. The third-order valence-electron chi connectivity index (χ3n) is 2.58. The number of aryl methyl sites for hydroxylation is 1. The lowest BCUT2D eigenvalue weighted by molar-refractivity contribution is -0.128. The summed E-state index contributed by atoms with van der Waals surface area (Å²) < 4.78 is 6.41. The molecule has 0 aliphatic heterocycles. The molecule has 0 unspecified atom stereocenters. The fraction of sp³-hybridized carbons (Fsp3) is 0.636. The van der Waals surface area contributed by atoms with E-state index >= 15 is 0 Å². The van der Waals surface area contributed by atoms with Crippen molar-refractivity contribution in [1.29, 1.82) is 0 Å². The van der Waals surface area contributed by atoms with Crippen molar-refractivity contribution in [3.8, 4) is 0 Å². The minimum atomic E-state index is -1.14. The summed E-state index contributed by atoms with van der Waals surface area (Å²) in [5.41, 5.74) is 0.299. The van der Waals surface area contributed by atoms with Gasteiger partial charge >= 0.3 is 5.97 Å². The van der Waals surface area contributed by atoms with Crippen LogP contribution in [0.3, 0.4) is 0 Å². The number of carboxylic acids is 1. The highest BCUT2D eigenvalue weighted by Gasteiger charge is 2.18. The Morgan fingerprint density at radius 3 is 2.63 bits per heavy atom. The van der Waals surface area contributed by atoms with Crippen molar-refractivity contribution >= 4 is 11.9 Å². The molecule has 0 fully saturated rings. The van der Waals surface area contributed by atoms with Crippen LogP contribution in [-0.4, -0.2) is 58.1 Å². The van der Waals surface area contributed by atoms with Gasteiger partial charge in [0.25, 0.3) is 0 Å². The Bertz CT molecular complexity index is 456. The standard InChI is InChI=1S/C11H18N4O4/c1-14(2)9(16)5-4-6-15-8(7-19-3)10(11(17)18)12-13-15/h4-7H2,1-3H3,(H,17,18). The normalized spacial score (nSPS) is 10.5. The van der Waals surface area contributed by atoms with E-state index in [-0.39, 0.29) is 18.2 Å². The zero-order valence-electron chi connectivity index (χ0n) is 11.3. The monoisotopic (exact) mass is 270 g/mol. The van der Waals surface area contributed by atoms with Crippen LogP contribution in [0.4, 0.5) is 0 Å². The summed E-state index contributed by atoms with van der Waals surface area (Å²) >= 11 is 0. The molecule has 1 amide bonds. The molecule has 1 heterocycles. The highest BCUT2D eigenvalue weighted by atomic mass is 16.5. The second kappa shape index (κ2) is 6.83. The summed E-state index contributed by atoms with van der Waals surface area (Å²) in [6.45, 7) is 0.550. The molecule has 1 N–H and O–H groups in total. The lowest BCUT2D eigenvalue weighted by atomic mass is 10.2. The maximum atomic E-state index is 11.4. The van der Waals surface area contributed by atoms with Crippen molar-refractivity contribution in [2.24, 2.45) is 0 Å². The number of rotatable bonds is 7. The Morgan fingerprint density at radius 2 is 2.11 bits per heavy atom. The molecule has 0 spiro atoms. The summed E-state index contributed by atoms with van der Waals surface area (Å²) in [5, 5.41) is 16.3. The first kappa shape index (κ1) is 15.1. The number of amides is 1. The van der Waals surface area contributed by atoms with E-state index in [0.717, 1.165) is 0 Å². The first-order chi connectivity index (χ1) is 8.97. The van der Waals surface area contributed by atoms with E-state index in [1.54, 1.807) is 14.1 Å². The number of nitrogens with zero attached hydrogens (tertiary/aromatic N) is 4. The van der Waals surface area contributed by atoms with Crippen molar-refractivity contribution in [2.75, 3.05) is 21.2 Å². The molecule has 0 aromatic carbocycles. The van der Waals surface area contributed by atoms with Crippen molar-refractivity contribution < 1.29 is 19.4 Å². The molecular weight excluding hydrogens is 252 g/mol. The Labute approximate surface area is 111 Å². The van der Waals surface area contributed by atoms with Gasteiger partial charge in [0, 0.05) is 34.2 Å². The predicted molar refractivity (Wildman–Crippen MR) is 65.6 cm³/mol. The van der Waals surface area contributed by atoms with Crippen LogP contribution in [-0.2, 0) is 22.7 Å². The van der Waals surface area contributed by atoms with Crippen LogP contribution >= 0.6 is 0 Å². The van der Waals surface area contributed by atoms with E-state index in [1.165, 1.54) is 16.7 Å². The number of carbonyl (C=O) groups is 2. The van der Waals surface area contributed by atoms with E-state index in [2.05, 4.69) is 10.3 Å². The Hall–Kier alpha value is -1.96. The molecule has 0 bridgehead atoms. The second-order valence-electron chi connectivity index (χ2n) is 4.24. The van der Waals surface area contributed by atoms with Gasteiger partial charge in [0.15, 0.2) is 5.69 Å². The van der Waals surface area contributed by atoms with Gasteiger partial charge in [-0.1, -0.05) is 5.21 Å². The quantitative estimate of drug-likeness (QED) is 0.748. The number of hydrogen-bond acceptors (Lipinski definition) is 5. The van der Waals surface area contributed by atoms with Gasteiger partial charge < -0.3 is 14.7 Å². The molecule has 1 aromatic heterocycles. The fourth-order valence-electron chi connectivity index (χ4n) is 1.56. The molecule has 0 aliphatic rings. The molecule has 0 saturated heterocycles. The van der Waals surface area contributed by atoms with E-state index in [1.807, 2.05) is 0 Å². The Balaban J connectivity index is 2.68. The third kappa shape index (κ3) is 4.02. The average molecular weight is 270 g/mol. The van der Waals surface area contributed by atoms with Gasteiger partial charge in [0.05, 0.1) is 12.3 Å². The largest absolute Gasteiger partial charge is 0.476 e. The molecule has 106 valence electrons. The van der Waals surface area contributed by atoms with Gasteiger partial charge in [-0.2, -0.15) is 0 Å². The first-order valence-electron chi connectivity index (χ1n) is 5.82. The minimum Gasteiger partial charge on any atom is -0.476 e. The van der Waals surface area contributed by atoms with Crippen LogP contribution in [0.1, 0.15) is 29.0 Å². The van der Waals surface area contributed by atoms with E-state index in [4.69, 9.17) is 9.84 Å². The van der Waals surface area contributed by atoms with E-state index in [0.29, 0.717) is 25.1 Å². The molecule has 8 heteroatoms. The number of aromatic nitrogens is 3. The minimum absolute atomic E-state index is 0.0202. The van der Waals surface area contributed by atoms with Crippen molar-refractivity contribution in [3.63, 3.8) is 0 Å². The van der Waals surface area contributed by atoms with Gasteiger partial charge in [-0.3, -0.25) is 4.79 Å². The molecule has 0 atom stereocenters. The van der Waals surface area contributed by atoms with Gasteiger partial charge in [-0.15, -0.1) is 5.10 Å². The number of hydrogen-bond donors (Lipinski definition) is 1. The summed E-state index contributed by atoms with van der Waals surface area (Å²) in [4.78, 5) is 23.9. The highest BCUT2D eigenvalue weighted by molar-refractivity contribution is 5.86. The van der Waals surface area contributed by atoms with Gasteiger partial charge in [-0.25, -0.2) is 9.48 Å². The number of methoxy groups -OCH3 is 1. The molecule has 0 aliphatic carbocycles. The van der Waals surface area contributed by atoms with Crippen LogP contribution in [0.15, 0.2) is 0 Å². The molecule has 0 radical (unpaired) electrons. The number of aromatic carboxylic acids is 1. The van der Waals surface area contributed by atoms with Crippen LogP contribution in [0.5, 0.6) is 0 Å². The fourth-order valence-corrected chi connectivity index (χ4v) is 1.56. The van der Waals surface area contributed by atoms with Crippen LogP contribution < -0.4 is 0 Å². The SMILES string of the molecule is COCc1c(C(=O)O)nnn1CCCC(=O)N(C)C. The number of ether oxygens (including phenoxy) is 1. The van der Waals surface area contributed by atoms with Gasteiger partial charge in [0.1, 0.15) is 0 Å². The summed E-state index contributed by atoms with van der Waals surface area (Å²) in [6.07, 6.45) is 0.942. The maximum Gasteiger partial charge on any atom is 0.358 e. The van der Waals surface area contributed by atoms with Gasteiger partial charge in [-0.05, 0) is 6.42 Å². The molecule has 19 heavy (non-hydrogen) atoms. The smallest absolute Gasteiger partial charge is 0.358 e. The van der Waals surface area contributed by atoms with E-state index < -0.39 is 5.97 Å². The zero-order valence-corrected chi connectivity index (χ0v) is 11.3. The molecule has 8 nitrogen and oxygen atoms in total. The summed E-state index contributed by atoms with van der Waals surface area (Å²) in [6, 6.07) is 0. The molecule has 1 rings (SSSR count). The molecule has 1 aromatic rings. The number of carbonyl (C=O) groups excluding carboxylic acids is 1. The Morgan fingerprint density at radius 1 is 1.42 bits per heavy atom. The van der Waals surface area contributed by atoms with Gasteiger partial charge in [0.2, 0.25) is 5.91 Å². The maximum absolute atomic E-state index is 11.4. The lowest BCUT2D eigenvalue weighted by Crippen LogP contribution is -2.22. The van der Waals surface area contributed by atoms with Crippen LogP contribution in [0.25, 0.3) is 0 Å². The van der Waals surface area contributed by atoms with Crippen LogP contribution in [0, 0.1) is 0 Å². The van der Waals surface area contributed by atoms with E-state index in [9.17, 15) is 9.59 Å². The average Bonchev–Trinajstić information content (AvgIpc) is 2.73. The topological polar surface area (TPSA) is 97.5 Å². The number of carboxylic acid groups (broad SMARTS) is 1. The highest BCUT2D eigenvalue weighted by Crippen LogP contribution is 2.09. The molecular formula is C11H18N4O4. The second-order valence-corrected chi connectivity index (χ2v) is 4.24. The lowest BCUT2D eigenvalue weighted by Gasteiger charge is -2.10. The first-order valence-corrected chi connectivity index (χ1v) is 5.82. The van der Waals surface area contributed by atoms with Crippen molar-refractivity contribution in [3.05, 3.63) is 11.4 Å². The summed E-state index contributed by atoms with van der Waals surface area (Å²) in [7, 11) is 4.85.